The van der Waals surface area contributed by atoms with Crippen LogP contribution in [-0.4, -0.2) is 24.0 Å². The number of hydrogen-bond donors (Lipinski definition) is 1. The molecular weight excluding hydrogens is 260 g/mol. The largest absolute Gasteiger partial charge is 0.468 e. The van der Waals surface area contributed by atoms with Crippen molar-refractivity contribution in [3.63, 3.8) is 0 Å². The second-order valence-corrected chi connectivity index (χ2v) is 6.75. The third-order valence-electron chi connectivity index (χ3n) is 4.55. The molecule has 1 aromatic rings. The molecule has 0 amide bonds. The molecule has 0 unspecified atom stereocenters. The number of nitrogens with one attached hydrogen (secondary N) is 1. The highest BCUT2D eigenvalue weighted by atomic mass is 16.3. The van der Waals surface area contributed by atoms with Gasteiger partial charge in [0.1, 0.15) is 5.76 Å². The van der Waals surface area contributed by atoms with Crippen LogP contribution in [0, 0.1) is 5.92 Å². The fourth-order valence-electron chi connectivity index (χ4n) is 3.29. The van der Waals surface area contributed by atoms with Crippen LogP contribution >= 0.6 is 0 Å². The molecular formula is C18H32N2O. The van der Waals surface area contributed by atoms with E-state index in [1.54, 1.807) is 0 Å². The average Bonchev–Trinajstić information content (AvgIpc) is 2.92. The summed E-state index contributed by atoms with van der Waals surface area (Å²) < 4.78 is 5.76. The second-order valence-electron chi connectivity index (χ2n) is 6.75. The van der Waals surface area contributed by atoms with Crippen molar-refractivity contribution in [1.82, 2.24) is 10.2 Å². The van der Waals surface area contributed by atoms with E-state index < -0.39 is 0 Å². The van der Waals surface area contributed by atoms with E-state index in [-0.39, 0.29) is 0 Å². The molecule has 1 heterocycles. The molecule has 1 aliphatic carbocycles. The van der Waals surface area contributed by atoms with Crippen molar-refractivity contribution in [2.75, 3.05) is 13.1 Å². The van der Waals surface area contributed by atoms with Gasteiger partial charge in [-0.1, -0.05) is 40.0 Å². The monoisotopic (exact) mass is 292 g/mol. The van der Waals surface area contributed by atoms with Crippen LogP contribution < -0.4 is 5.32 Å². The van der Waals surface area contributed by atoms with Crippen LogP contribution in [0.1, 0.15) is 64.2 Å². The zero-order valence-corrected chi connectivity index (χ0v) is 14.0. The summed E-state index contributed by atoms with van der Waals surface area (Å²) in [6, 6.07) is 2.88. The van der Waals surface area contributed by atoms with Crippen molar-refractivity contribution in [3.8, 4) is 0 Å². The Hall–Kier alpha value is -0.800. The quantitative estimate of drug-likeness (QED) is 0.779. The van der Waals surface area contributed by atoms with Gasteiger partial charge in [-0.2, -0.15) is 0 Å². The summed E-state index contributed by atoms with van der Waals surface area (Å²) in [5.74, 6) is 1.84. The van der Waals surface area contributed by atoms with Crippen molar-refractivity contribution in [2.24, 2.45) is 5.92 Å². The van der Waals surface area contributed by atoms with E-state index in [4.69, 9.17) is 4.42 Å². The maximum absolute atomic E-state index is 5.76. The lowest BCUT2D eigenvalue weighted by molar-refractivity contribution is 0.145. The molecule has 0 radical (unpaired) electrons. The van der Waals surface area contributed by atoms with Gasteiger partial charge in [0, 0.05) is 18.2 Å². The molecule has 2 rings (SSSR count). The van der Waals surface area contributed by atoms with Gasteiger partial charge < -0.3 is 9.73 Å². The van der Waals surface area contributed by atoms with Crippen LogP contribution in [-0.2, 0) is 13.1 Å². The van der Waals surface area contributed by atoms with Crippen LogP contribution in [0.5, 0.6) is 0 Å². The van der Waals surface area contributed by atoms with Crippen molar-refractivity contribution in [1.29, 1.82) is 0 Å². The smallest absolute Gasteiger partial charge is 0.122 e. The van der Waals surface area contributed by atoms with Gasteiger partial charge in [-0.3, -0.25) is 4.90 Å². The highest BCUT2D eigenvalue weighted by Crippen LogP contribution is 2.24. The minimum Gasteiger partial charge on any atom is -0.468 e. The first-order chi connectivity index (χ1) is 10.2. The summed E-state index contributed by atoms with van der Waals surface area (Å²) in [7, 11) is 0. The zero-order valence-electron chi connectivity index (χ0n) is 14.0. The molecule has 120 valence electrons. The summed E-state index contributed by atoms with van der Waals surface area (Å²) in [6.45, 7) is 10.8. The van der Waals surface area contributed by atoms with Gasteiger partial charge in [-0.05, 0) is 37.9 Å². The number of nitrogens with zero attached hydrogens (tertiary/aromatic N) is 1. The second kappa shape index (κ2) is 8.60. The molecule has 1 aliphatic rings. The fourth-order valence-corrected chi connectivity index (χ4v) is 3.29. The Bertz CT molecular complexity index is 394. The van der Waals surface area contributed by atoms with Crippen LogP contribution in [0.3, 0.4) is 0 Å². The summed E-state index contributed by atoms with van der Waals surface area (Å²) >= 11 is 0. The summed E-state index contributed by atoms with van der Waals surface area (Å²) in [4.78, 5) is 2.60. The first-order valence-electron chi connectivity index (χ1n) is 8.70. The topological polar surface area (TPSA) is 28.4 Å². The van der Waals surface area contributed by atoms with Crippen molar-refractivity contribution >= 4 is 0 Å². The van der Waals surface area contributed by atoms with Crippen LogP contribution in [0.15, 0.2) is 16.7 Å². The third kappa shape index (κ3) is 5.15. The zero-order chi connectivity index (χ0) is 15.1. The average molecular weight is 292 g/mol. The number of rotatable bonds is 8. The van der Waals surface area contributed by atoms with Gasteiger partial charge >= 0.3 is 0 Å². The van der Waals surface area contributed by atoms with Gasteiger partial charge in [0.2, 0.25) is 0 Å². The maximum atomic E-state index is 5.76. The normalized spacial score (nSPS) is 17.0. The van der Waals surface area contributed by atoms with E-state index in [1.807, 2.05) is 6.26 Å². The molecule has 0 aromatic carbocycles. The molecule has 0 aliphatic heterocycles. The molecule has 1 saturated carbocycles. The van der Waals surface area contributed by atoms with Crippen molar-refractivity contribution < 1.29 is 4.42 Å². The van der Waals surface area contributed by atoms with Crippen molar-refractivity contribution in [2.45, 2.75) is 72.0 Å². The molecule has 21 heavy (non-hydrogen) atoms. The van der Waals surface area contributed by atoms with Gasteiger partial charge in [0.05, 0.1) is 12.8 Å². The molecule has 0 saturated heterocycles. The lowest BCUT2D eigenvalue weighted by atomic mass is 9.94. The van der Waals surface area contributed by atoms with E-state index in [0.29, 0.717) is 5.92 Å². The Morgan fingerprint density at radius 1 is 1.29 bits per heavy atom. The Balaban J connectivity index is 1.89. The summed E-state index contributed by atoms with van der Waals surface area (Å²) in [6.07, 6.45) is 8.75. The SMILES string of the molecule is CCN(Cc1occc1CNCC(C)C)C1CCCCC1. The van der Waals surface area contributed by atoms with E-state index in [9.17, 15) is 0 Å². The minimum absolute atomic E-state index is 0.690. The highest BCUT2D eigenvalue weighted by molar-refractivity contribution is 5.17. The molecule has 0 atom stereocenters. The number of hydrogen-bond acceptors (Lipinski definition) is 3. The van der Waals surface area contributed by atoms with E-state index in [2.05, 4.69) is 37.1 Å². The van der Waals surface area contributed by atoms with E-state index in [0.717, 1.165) is 38.0 Å². The lowest BCUT2D eigenvalue weighted by Crippen LogP contribution is -2.36. The molecule has 1 N–H and O–H groups in total. The Morgan fingerprint density at radius 2 is 2.05 bits per heavy atom. The highest BCUT2D eigenvalue weighted by Gasteiger charge is 2.21. The van der Waals surface area contributed by atoms with Crippen molar-refractivity contribution in [3.05, 3.63) is 23.7 Å². The molecule has 1 aromatic heterocycles. The molecule has 0 spiro atoms. The Morgan fingerprint density at radius 3 is 2.71 bits per heavy atom. The predicted molar refractivity (Wildman–Crippen MR) is 88.2 cm³/mol. The maximum Gasteiger partial charge on any atom is 0.122 e. The fraction of sp³-hybridized carbons (Fsp3) is 0.778. The Kier molecular flexibility index (Phi) is 6.78. The molecule has 1 fully saturated rings. The predicted octanol–water partition coefficient (Wildman–Crippen LogP) is 4.18. The van der Waals surface area contributed by atoms with Gasteiger partial charge in [-0.25, -0.2) is 0 Å². The first-order valence-corrected chi connectivity index (χ1v) is 8.70. The van der Waals surface area contributed by atoms with Crippen LogP contribution in [0.4, 0.5) is 0 Å². The standard InChI is InChI=1S/C18H32N2O/c1-4-20(17-8-6-5-7-9-17)14-18-16(10-11-21-18)13-19-12-15(2)3/h10-11,15,17,19H,4-9,12-14H2,1-3H3. The van der Waals surface area contributed by atoms with Gasteiger partial charge in [0.25, 0.3) is 0 Å². The first kappa shape index (κ1) is 16.6. The molecule has 0 bridgehead atoms. The third-order valence-corrected chi connectivity index (χ3v) is 4.55. The summed E-state index contributed by atoms with van der Waals surface area (Å²) in [5.41, 5.74) is 1.32. The number of furan rings is 1. The Labute approximate surface area is 130 Å². The summed E-state index contributed by atoms with van der Waals surface area (Å²) in [5, 5.41) is 3.52. The van der Waals surface area contributed by atoms with E-state index >= 15 is 0 Å². The molecule has 3 heteroatoms. The molecule has 3 nitrogen and oxygen atoms in total. The van der Waals surface area contributed by atoms with Crippen LogP contribution in [0.2, 0.25) is 0 Å². The minimum atomic E-state index is 0.690. The van der Waals surface area contributed by atoms with Crippen LogP contribution in [0.25, 0.3) is 0 Å². The lowest BCUT2D eigenvalue weighted by Gasteiger charge is -2.33. The van der Waals surface area contributed by atoms with Gasteiger partial charge in [0.15, 0.2) is 0 Å². The van der Waals surface area contributed by atoms with Gasteiger partial charge in [-0.15, -0.1) is 0 Å². The van der Waals surface area contributed by atoms with E-state index in [1.165, 1.54) is 37.7 Å².